The lowest BCUT2D eigenvalue weighted by Gasteiger charge is -2.35. The number of allylic oxidation sites excluding steroid dienone is 2. The number of para-hydroxylation sites is 1. The van der Waals surface area contributed by atoms with Crippen molar-refractivity contribution < 1.29 is 9.53 Å². The maximum absolute atomic E-state index is 13.2. The molecule has 1 unspecified atom stereocenters. The summed E-state index contributed by atoms with van der Waals surface area (Å²) >= 11 is 0. The summed E-state index contributed by atoms with van der Waals surface area (Å²) in [4.78, 5) is 25.1. The lowest BCUT2D eigenvalue weighted by molar-refractivity contribution is -0.116. The van der Waals surface area contributed by atoms with E-state index in [2.05, 4.69) is 10.2 Å². The Kier molecular flexibility index (Phi) is 5.60. The Morgan fingerprint density at radius 3 is 2.54 bits per heavy atom. The van der Waals surface area contributed by atoms with Crippen LogP contribution < -0.4 is 20.7 Å². The zero-order chi connectivity index (χ0) is 23.8. The summed E-state index contributed by atoms with van der Waals surface area (Å²) in [6.45, 7) is 1.87. The van der Waals surface area contributed by atoms with Gasteiger partial charge in [0.1, 0.15) is 23.1 Å². The molecule has 3 N–H and O–H groups in total. The molecule has 0 saturated carbocycles. The molecule has 7 heteroatoms. The highest BCUT2D eigenvalue weighted by Gasteiger charge is 2.38. The molecule has 0 radical (unpaired) electrons. The predicted octanol–water partition coefficient (Wildman–Crippen LogP) is 5.41. The molecule has 1 saturated heterocycles. The van der Waals surface area contributed by atoms with Crippen molar-refractivity contribution in [3.63, 3.8) is 0 Å². The summed E-state index contributed by atoms with van der Waals surface area (Å²) in [6, 6.07) is 17.6. The Morgan fingerprint density at radius 1 is 0.914 bits per heavy atom. The number of piperidine rings is 1. The van der Waals surface area contributed by atoms with Gasteiger partial charge in [0.05, 0.1) is 0 Å². The molecule has 1 aliphatic carbocycles. The number of hydrogen-bond donors (Lipinski definition) is 2. The van der Waals surface area contributed by atoms with E-state index in [0.717, 1.165) is 66.9 Å². The van der Waals surface area contributed by atoms with Crippen molar-refractivity contribution in [3.05, 3.63) is 77.0 Å². The van der Waals surface area contributed by atoms with Crippen LogP contribution in [0.1, 0.15) is 55.6 Å². The first-order valence-electron chi connectivity index (χ1n) is 12.5. The van der Waals surface area contributed by atoms with Crippen molar-refractivity contribution in [3.8, 4) is 11.5 Å². The Bertz CT molecular complexity index is 1300. The number of ether oxygens (including phenoxy) is 1. The zero-order valence-electron chi connectivity index (χ0n) is 19.7. The van der Waals surface area contributed by atoms with Crippen LogP contribution in [0.2, 0.25) is 0 Å². The van der Waals surface area contributed by atoms with Gasteiger partial charge in [0, 0.05) is 42.3 Å². The first-order valence-corrected chi connectivity index (χ1v) is 12.5. The van der Waals surface area contributed by atoms with E-state index >= 15 is 0 Å². The summed E-state index contributed by atoms with van der Waals surface area (Å²) in [5.74, 6) is 3.10. The number of ketones is 1. The number of carbonyl (C=O) groups is 1. The van der Waals surface area contributed by atoms with E-state index in [1.807, 2.05) is 54.6 Å². The molecule has 3 heterocycles. The molecule has 7 nitrogen and oxygen atoms in total. The van der Waals surface area contributed by atoms with Crippen LogP contribution >= 0.6 is 0 Å². The lowest BCUT2D eigenvalue weighted by Crippen LogP contribution is -2.33. The molecule has 178 valence electrons. The van der Waals surface area contributed by atoms with Crippen molar-refractivity contribution in [1.29, 1.82) is 0 Å². The number of aromatic nitrogens is 2. The molecular formula is C28H29N5O2. The third-order valence-electron chi connectivity index (χ3n) is 7.08. The highest BCUT2D eigenvalue weighted by molar-refractivity contribution is 6.01. The second kappa shape index (κ2) is 9.06. The third-order valence-corrected chi connectivity index (χ3v) is 7.08. The van der Waals surface area contributed by atoms with Gasteiger partial charge in [0.15, 0.2) is 5.78 Å². The smallest absolute Gasteiger partial charge is 0.229 e. The Balaban J connectivity index is 1.44. The molecule has 1 aromatic heterocycles. The lowest BCUT2D eigenvalue weighted by atomic mass is 9.76. The minimum Gasteiger partial charge on any atom is -0.457 e. The van der Waals surface area contributed by atoms with Gasteiger partial charge in [-0.25, -0.2) is 0 Å². The van der Waals surface area contributed by atoms with Crippen LogP contribution in [-0.4, -0.2) is 28.8 Å². The van der Waals surface area contributed by atoms with Crippen molar-refractivity contribution in [2.75, 3.05) is 29.0 Å². The first-order chi connectivity index (χ1) is 17.2. The third kappa shape index (κ3) is 4.11. The standard InChI is InChI=1S/C28H29N5O2/c29-26-25-23(18-9-7-12-20(17-18)35-19-10-3-1-4-11-19)24-21(13-8-14-22(24)34)30-27(25)32-28(31-26)33-15-5-2-6-16-33/h1,3-4,7,9-12,17,23H,2,5-6,8,13-16H2,(H3,29,30,31,32). The summed E-state index contributed by atoms with van der Waals surface area (Å²) in [7, 11) is 0. The van der Waals surface area contributed by atoms with E-state index in [-0.39, 0.29) is 11.7 Å². The van der Waals surface area contributed by atoms with E-state index in [4.69, 9.17) is 20.4 Å². The number of carbonyl (C=O) groups excluding carboxylic acids is 1. The van der Waals surface area contributed by atoms with E-state index in [1.54, 1.807) is 0 Å². The van der Waals surface area contributed by atoms with Crippen LogP contribution in [0, 0.1) is 0 Å². The highest BCUT2D eigenvalue weighted by atomic mass is 16.5. The quantitative estimate of drug-likeness (QED) is 0.530. The van der Waals surface area contributed by atoms with E-state index in [9.17, 15) is 4.79 Å². The minimum absolute atomic E-state index is 0.156. The van der Waals surface area contributed by atoms with E-state index < -0.39 is 0 Å². The molecule has 0 bridgehead atoms. The number of nitrogen functional groups attached to an aromatic ring is 1. The van der Waals surface area contributed by atoms with Gasteiger partial charge in [-0.05, 0) is 61.9 Å². The number of anilines is 3. The molecular weight excluding hydrogens is 438 g/mol. The van der Waals surface area contributed by atoms with Crippen molar-refractivity contribution in [2.24, 2.45) is 0 Å². The zero-order valence-corrected chi connectivity index (χ0v) is 19.7. The average Bonchev–Trinajstić information content (AvgIpc) is 2.89. The number of nitrogens with zero attached hydrogens (tertiary/aromatic N) is 3. The fourth-order valence-electron chi connectivity index (χ4n) is 5.42. The van der Waals surface area contributed by atoms with Crippen molar-refractivity contribution in [1.82, 2.24) is 9.97 Å². The Labute approximate surface area is 205 Å². The molecule has 3 aliphatic rings. The van der Waals surface area contributed by atoms with Gasteiger partial charge >= 0.3 is 0 Å². The first kappa shape index (κ1) is 21.6. The molecule has 0 spiro atoms. The van der Waals surface area contributed by atoms with Crippen LogP contribution in [0.25, 0.3) is 0 Å². The molecule has 3 aromatic rings. The fourth-order valence-corrected chi connectivity index (χ4v) is 5.42. The summed E-state index contributed by atoms with van der Waals surface area (Å²) < 4.78 is 6.10. The number of rotatable bonds is 4. The van der Waals surface area contributed by atoms with Crippen LogP contribution in [0.4, 0.5) is 17.6 Å². The van der Waals surface area contributed by atoms with Crippen molar-refractivity contribution in [2.45, 2.75) is 44.4 Å². The molecule has 0 amide bonds. The van der Waals surface area contributed by atoms with Crippen molar-refractivity contribution >= 4 is 23.4 Å². The fraction of sp³-hybridized carbons (Fsp3) is 0.321. The van der Waals surface area contributed by atoms with Gasteiger partial charge in [-0.15, -0.1) is 0 Å². The second-order valence-corrected chi connectivity index (χ2v) is 9.43. The Hall–Kier alpha value is -3.87. The van der Waals surface area contributed by atoms with Gasteiger partial charge < -0.3 is 20.7 Å². The Morgan fingerprint density at radius 2 is 1.71 bits per heavy atom. The largest absolute Gasteiger partial charge is 0.457 e. The molecule has 1 fully saturated rings. The van der Waals surface area contributed by atoms with Gasteiger partial charge in [-0.1, -0.05) is 30.3 Å². The number of fused-ring (bicyclic) bond motifs is 1. The predicted molar refractivity (Wildman–Crippen MR) is 137 cm³/mol. The maximum Gasteiger partial charge on any atom is 0.229 e. The summed E-state index contributed by atoms with van der Waals surface area (Å²) in [5, 5.41) is 3.47. The van der Waals surface area contributed by atoms with Crippen LogP contribution in [-0.2, 0) is 4.79 Å². The number of nitrogens with two attached hydrogens (primary N) is 1. The van der Waals surface area contributed by atoms with Gasteiger partial charge in [0.25, 0.3) is 0 Å². The van der Waals surface area contributed by atoms with E-state index in [0.29, 0.717) is 29.8 Å². The number of hydrogen-bond acceptors (Lipinski definition) is 7. The number of nitrogens with one attached hydrogen (secondary N) is 1. The van der Waals surface area contributed by atoms with Gasteiger partial charge in [0.2, 0.25) is 5.95 Å². The van der Waals surface area contributed by atoms with Gasteiger partial charge in [-0.3, -0.25) is 4.79 Å². The molecule has 35 heavy (non-hydrogen) atoms. The second-order valence-electron chi connectivity index (χ2n) is 9.43. The minimum atomic E-state index is -0.330. The van der Waals surface area contributed by atoms with Crippen LogP contribution in [0.15, 0.2) is 65.9 Å². The van der Waals surface area contributed by atoms with Gasteiger partial charge in [-0.2, -0.15) is 9.97 Å². The molecule has 2 aromatic carbocycles. The number of benzene rings is 2. The van der Waals surface area contributed by atoms with E-state index in [1.165, 1.54) is 6.42 Å². The van der Waals surface area contributed by atoms with Crippen LogP contribution in [0.3, 0.4) is 0 Å². The summed E-state index contributed by atoms with van der Waals surface area (Å²) in [5.41, 5.74) is 10.1. The number of Topliss-reactive ketones (excluding diaryl/α,β-unsaturated/α-hetero) is 1. The SMILES string of the molecule is Nc1nc(N2CCCCC2)nc2c1C(c1cccc(Oc3ccccc3)c1)C1=C(CCCC1=O)N2. The average molecular weight is 468 g/mol. The normalized spacial score (nSPS) is 19.6. The molecule has 6 rings (SSSR count). The van der Waals surface area contributed by atoms with Crippen LogP contribution in [0.5, 0.6) is 11.5 Å². The highest BCUT2D eigenvalue weighted by Crippen LogP contribution is 2.47. The monoisotopic (exact) mass is 467 g/mol. The molecule has 1 atom stereocenters. The topological polar surface area (TPSA) is 93.4 Å². The maximum atomic E-state index is 13.2. The summed E-state index contributed by atoms with van der Waals surface area (Å²) in [6.07, 6.45) is 5.70. The molecule has 2 aliphatic heterocycles.